The van der Waals surface area contributed by atoms with Gasteiger partial charge >= 0.3 is 0 Å². The number of hydrogen-bond acceptors (Lipinski definition) is 6. The fourth-order valence-corrected chi connectivity index (χ4v) is 3.53. The summed E-state index contributed by atoms with van der Waals surface area (Å²) < 4.78 is 20.0. The molecule has 1 aromatic heterocycles. The van der Waals surface area contributed by atoms with Crippen LogP contribution in [0, 0.1) is 5.82 Å². The van der Waals surface area contributed by atoms with Crippen molar-refractivity contribution < 1.29 is 19.3 Å². The van der Waals surface area contributed by atoms with E-state index in [1.165, 1.54) is 12.3 Å². The molecular formula is C20H19ClFN3O3. The molecule has 1 fully saturated rings. The Hall–Kier alpha value is -2.64. The average Bonchev–Trinajstić information content (AvgIpc) is 2.67. The van der Waals surface area contributed by atoms with Crippen molar-refractivity contribution in [3.05, 3.63) is 53.4 Å². The summed E-state index contributed by atoms with van der Waals surface area (Å²) in [6.45, 7) is 1.06. The van der Waals surface area contributed by atoms with Gasteiger partial charge in [-0.1, -0.05) is 17.7 Å². The van der Waals surface area contributed by atoms with Gasteiger partial charge in [0.15, 0.2) is 0 Å². The maximum Gasteiger partial charge on any atom is 0.230 e. The monoisotopic (exact) mass is 403 g/mol. The van der Waals surface area contributed by atoms with E-state index < -0.39 is 5.60 Å². The van der Waals surface area contributed by atoms with Gasteiger partial charge in [0.2, 0.25) is 5.88 Å². The minimum atomic E-state index is -1.04. The van der Waals surface area contributed by atoms with Gasteiger partial charge in [-0.05, 0) is 43.2 Å². The molecule has 0 radical (unpaired) electrons. The van der Waals surface area contributed by atoms with Gasteiger partial charge in [0, 0.05) is 18.1 Å². The van der Waals surface area contributed by atoms with Crippen molar-refractivity contribution in [2.24, 2.45) is 0 Å². The highest BCUT2D eigenvalue weighted by Gasteiger charge is 2.34. The van der Waals surface area contributed by atoms with Crippen molar-refractivity contribution in [2.75, 3.05) is 24.6 Å². The normalized spacial score (nSPS) is 16.3. The molecule has 1 aliphatic heterocycles. The molecule has 0 aliphatic carbocycles. The lowest BCUT2D eigenvalue weighted by molar-refractivity contribution is -0.0238. The van der Waals surface area contributed by atoms with Crippen LogP contribution in [0.4, 0.5) is 10.1 Å². The summed E-state index contributed by atoms with van der Waals surface area (Å²) in [5, 5.41) is 20.8. The molecule has 1 saturated heterocycles. The Bertz CT molecular complexity index is 1010. The molecule has 0 amide bonds. The van der Waals surface area contributed by atoms with Crippen LogP contribution in [0.3, 0.4) is 0 Å². The Labute approximate surface area is 166 Å². The standard InChI is InChI=1S/C20H19ClFN3O3/c21-13-4-5-16(14(22)10-13)25-8-6-20(27,7-9-25)12-28-17-3-1-2-15-19(17)24-18(26)11-23-15/h1-5,10-11,27H,6-9,12H2,(H,24,26). The van der Waals surface area contributed by atoms with Gasteiger partial charge in [-0.3, -0.25) is 0 Å². The lowest BCUT2D eigenvalue weighted by atomic mass is 9.92. The molecule has 1 aliphatic rings. The quantitative estimate of drug-likeness (QED) is 0.693. The number of fused-ring (bicyclic) bond motifs is 1. The van der Waals surface area contributed by atoms with E-state index in [9.17, 15) is 14.6 Å². The van der Waals surface area contributed by atoms with E-state index in [1.54, 1.807) is 30.3 Å². The number of benzene rings is 2. The zero-order valence-electron chi connectivity index (χ0n) is 15.0. The van der Waals surface area contributed by atoms with Crippen molar-refractivity contribution in [2.45, 2.75) is 18.4 Å². The van der Waals surface area contributed by atoms with Crippen LogP contribution in [0.5, 0.6) is 11.6 Å². The van der Waals surface area contributed by atoms with Crippen LogP contribution < -0.4 is 9.64 Å². The largest absolute Gasteiger partial charge is 0.492 e. The molecule has 0 saturated carbocycles. The molecule has 28 heavy (non-hydrogen) atoms. The number of rotatable bonds is 4. The number of halogens is 2. The Morgan fingerprint density at radius 1 is 1.21 bits per heavy atom. The number of nitrogens with zero attached hydrogens (tertiary/aromatic N) is 3. The van der Waals surface area contributed by atoms with Gasteiger partial charge in [0.05, 0.1) is 17.4 Å². The Morgan fingerprint density at radius 3 is 2.75 bits per heavy atom. The number of aromatic hydroxyl groups is 1. The van der Waals surface area contributed by atoms with Crippen LogP contribution in [0.2, 0.25) is 5.02 Å². The summed E-state index contributed by atoms with van der Waals surface area (Å²) in [5.41, 5.74) is 0.473. The second-order valence-electron chi connectivity index (χ2n) is 6.95. The third-order valence-corrected chi connectivity index (χ3v) is 5.20. The summed E-state index contributed by atoms with van der Waals surface area (Å²) in [4.78, 5) is 10.1. The van der Waals surface area contributed by atoms with E-state index in [1.807, 2.05) is 4.90 Å². The number of aliphatic hydroxyl groups is 1. The summed E-state index contributed by atoms with van der Waals surface area (Å²) in [6, 6.07) is 9.86. The van der Waals surface area contributed by atoms with Gasteiger partial charge in [0.25, 0.3) is 0 Å². The topological polar surface area (TPSA) is 78.7 Å². The first kappa shape index (κ1) is 18.7. The summed E-state index contributed by atoms with van der Waals surface area (Å²) in [5.74, 6) is -0.121. The first-order valence-corrected chi connectivity index (χ1v) is 9.31. The summed E-state index contributed by atoms with van der Waals surface area (Å²) in [6.07, 6.45) is 2.12. The fraction of sp³-hybridized carbons (Fsp3) is 0.300. The van der Waals surface area contributed by atoms with Crippen LogP contribution in [-0.2, 0) is 0 Å². The van der Waals surface area contributed by atoms with E-state index in [-0.39, 0.29) is 18.3 Å². The van der Waals surface area contributed by atoms with Crippen molar-refractivity contribution in [1.82, 2.24) is 9.97 Å². The van der Waals surface area contributed by atoms with Gasteiger partial charge in [-0.25, -0.2) is 14.4 Å². The molecule has 0 spiro atoms. The summed E-state index contributed by atoms with van der Waals surface area (Å²) in [7, 11) is 0. The number of hydrogen-bond donors (Lipinski definition) is 2. The van der Waals surface area contributed by atoms with Crippen molar-refractivity contribution in [1.29, 1.82) is 0 Å². The highest BCUT2D eigenvalue weighted by Crippen LogP contribution is 2.31. The van der Waals surface area contributed by atoms with Gasteiger partial charge in [-0.15, -0.1) is 0 Å². The first-order chi connectivity index (χ1) is 13.4. The van der Waals surface area contributed by atoms with E-state index >= 15 is 0 Å². The fourth-order valence-electron chi connectivity index (χ4n) is 3.37. The van der Waals surface area contributed by atoms with E-state index in [0.717, 1.165) is 0 Å². The number of aromatic nitrogens is 2. The SMILES string of the molecule is Oc1cnc2cccc(OCC3(O)CCN(c4ccc(Cl)cc4F)CC3)c2n1. The molecule has 6 nitrogen and oxygen atoms in total. The molecule has 146 valence electrons. The maximum absolute atomic E-state index is 14.1. The van der Waals surface area contributed by atoms with Crippen LogP contribution in [0.1, 0.15) is 12.8 Å². The highest BCUT2D eigenvalue weighted by atomic mass is 35.5. The smallest absolute Gasteiger partial charge is 0.230 e. The molecule has 2 heterocycles. The average molecular weight is 404 g/mol. The lowest BCUT2D eigenvalue weighted by Gasteiger charge is -2.39. The lowest BCUT2D eigenvalue weighted by Crippen LogP contribution is -2.48. The predicted octanol–water partition coefficient (Wildman–Crippen LogP) is 3.54. The molecule has 0 atom stereocenters. The molecular weight excluding hydrogens is 385 g/mol. The van der Waals surface area contributed by atoms with Gasteiger partial charge < -0.3 is 19.8 Å². The predicted molar refractivity (Wildman–Crippen MR) is 105 cm³/mol. The van der Waals surface area contributed by atoms with Crippen LogP contribution in [0.25, 0.3) is 11.0 Å². The van der Waals surface area contributed by atoms with Gasteiger partial charge in [-0.2, -0.15) is 0 Å². The highest BCUT2D eigenvalue weighted by molar-refractivity contribution is 6.30. The summed E-state index contributed by atoms with van der Waals surface area (Å²) >= 11 is 5.81. The molecule has 2 N–H and O–H groups in total. The van der Waals surface area contributed by atoms with Crippen LogP contribution in [0.15, 0.2) is 42.6 Å². The Kier molecular flexibility index (Phi) is 4.95. The molecule has 8 heteroatoms. The zero-order valence-corrected chi connectivity index (χ0v) is 15.7. The van der Waals surface area contributed by atoms with Gasteiger partial charge in [0.1, 0.15) is 29.3 Å². The molecule has 0 unspecified atom stereocenters. The second-order valence-corrected chi connectivity index (χ2v) is 7.38. The third kappa shape index (κ3) is 3.81. The first-order valence-electron chi connectivity index (χ1n) is 8.93. The molecule has 0 bridgehead atoms. The van der Waals surface area contributed by atoms with E-state index in [0.29, 0.717) is 53.4 Å². The maximum atomic E-state index is 14.1. The Balaban J connectivity index is 1.43. The minimum absolute atomic E-state index is 0.0698. The van der Waals surface area contributed by atoms with Crippen LogP contribution >= 0.6 is 11.6 Å². The Morgan fingerprint density at radius 2 is 2.00 bits per heavy atom. The molecule has 4 rings (SSSR count). The number of piperidine rings is 1. The van der Waals surface area contributed by atoms with E-state index in [4.69, 9.17) is 16.3 Å². The number of para-hydroxylation sites is 1. The van der Waals surface area contributed by atoms with Crippen molar-refractivity contribution >= 4 is 28.3 Å². The number of ether oxygens (including phenoxy) is 1. The van der Waals surface area contributed by atoms with Crippen molar-refractivity contribution in [3.63, 3.8) is 0 Å². The molecule has 3 aromatic rings. The minimum Gasteiger partial charge on any atom is -0.492 e. The second kappa shape index (κ2) is 7.41. The third-order valence-electron chi connectivity index (χ3n) is 4.96. The molecule has 2 aromatic carbocycles. The van der Waals surface area contributed by atoms with Crippen LogP contribution in [-0.4, -0.2) is 45.5 Å². The zero-order chi connectivity index (χ0) is 19.7. The van der Waals surface area contributed by atoms with E-state index in [2.05, 4.69) is 9.97 Å². The van der Waals surface area contributed by atoms with Crippen molar-refractivity contribution in [3.8, 4) is 11.6 Å². The number of anilines is 1.